The Morgan fingerprint density at radius 1 is 0.389 bits per heavy atom. The summed E-state index contributed by atoms with van der Waals surface area (Å²) in [4.78, 5) is 7.29. The van der Waals surface area contributed by atoms with Gasteiger partial charge in [0.15, 0.2) is 0 Å². The molecule has 0 N–H and O–H groups in total. The van der Waals surface area contributed by atoms with E-state index < -0.39 is 0 Å². The Hall–Kier alpha value is -6.75. The zero-order valence-electron chi connectivity index (χ0n) is 29.5. The number of nitrogens with zero attached hydrogens (tertiary/aromatic N) is 3. The lowest BCUT2D eigenvalue weighted by molar-refractivity contribution is 1.03. The molecule has 0 fully saturated rings. The second kappa shape index (κ2) is 13.7. The highest BCUT2D eigenvalue weighted by Gasteiger charge is 2.32. The quantitative estimate of drug-likeness (QED) is 0.163. The van der Waals surface area contributed by atoms with E-state index in [1.165, 1.54) is 43.1 Å². The predicted molar refractivity (Wildman–Crippen MR) is 228 cm³/mol. The fourth-order valence-corrected chi connectivity index (χ4v) is 8.84. The molecule has 4 heteroatoms. The summed E-state index contributed by atoms with van der Waals surface area (Å²) in [5.74, 6) is 1.15. The first-order valence-corrected chi connectivity index (χ1v) is 19.1. The van der Waals surface area contributed by atoms with Gasteiger partial charge in [0.05, 0.1) is 16.1 Å². The third-order valence-corrected chi connectivity index (χ3v) is 11.3. The van der Waals surface area contributed by atoms with Crippen molar-refractivity contribution in [1.29, 1.82) is 0 Å². The van der Waals surface area contributed by atoms with E-state index in [4.69, 9.17) is 0 Å². The third-order valence-electron chi connectivity index (χ3n) is 10.1. The summed E-state index contributed by atoms with van der Waals surface area (Å²) >= 11 is 1.86. The van der Waals surface area contributed by atoms with Gasteiger partial charge in [0.25, 0.3) is 0 Å². The van der Waals surface area contributed by atoms with E-state index in [-0.39, 0.29) is 0 Å². The summed E-state index contributed by atoms with van der Waals surface area (Å²) in [6.45, 7) is 0. The highest BCUT2D eigenvalue weighted by molar-refractivity contribution is 8.00. The molecule has 9 aromatic rings. The first-order chi connectivity index (χ1) is 26.8. The number of benzene rings is 8. The standard InChI is InChI=1S/C50H35N3S/c1-6-18-36(19-7-1)38-32-39(37-20-8-2-9-21-37)34-44(33-38)51(40-22-10-3-11-23-40)43-30-31-46-45(35-43)49-50(52(46)41-24-12-4-13-25-41)53(42-26-14-5-15-27-42)47-28-16-17-29-48(47)54-49/h1-35H. The normalized spacial score (nSPS) is 12.0. The van der Waals surface area contributed by atoms with Crippen molar-refractivity contribution < 1.29 is 0 Å². The number of fused-ring (bicyclic) bond motifs is 4. The number of anilines is 6. The van der Waals surface area contributed by atoms with Crippen LogP contribution in [0.25, 0.3) is 38.8 Å². The average Bonchev–Trinajstić information content (AvgIpc) is 3.57. The van der Waals surface area contributed by atoms with E-state index in [1.807, 2.05) is 11.8 Å². The average molecular weight is 710 g/mol. The molecule has 256 valence electrons. The third kappa shape index (κ3) is 5.65. The molecule has 0 saturated heterocycles. The minimum absolute atomic E-state index is 1.09. The summed E-state index contributed by atoms with van der Waals surface area (Å²) in [6.07, 6.45) is 0. The number of aromatic nitrogens is 1. The van der Waals surface area contributed by atoms with Crippen molar-refractivity contribution in [3.63, 3.8) is 0 Å². The zero-order chi connectivity index (χ0) is 35.8. The van der Waals surface area contributed by atoms with Gasteiger partial charge in [0.2, 0.25) is 0 Å². The predicted octanol–water partition coefficient (Wildman–Crippen LogP) is 14.4. The Balaban J connectivity index is 1.24. The van der Waals surface area contributed by atoms with E-state index in [9.17, 15) is 0 Å². The Bertz CT molecular complexity index is 2670. The van der Waals surface area contributed by atoms with Crippen LogP contribution in [0, 0.1) is 0 Å². The molecule has 0 spiro atoms. The maximum absolute atomic E-state index is 2.43. The minimum Gasteiger partial charge on any atom is -0.310 e. The Morgan fingerprint density at radius 3 is 1.56 bits per heavy atom. The molecule has 0 saturated carbocycles. The molecule has 3 nitrogen and oxygen atoms in total. The van der Waals surface area contributed by atoms with Gasteiger partial charge in [-0.15, -0.1) is 0 Å². The molecule has 0 radical (unpaired) electrons. The fraction of sp³-hybridized carbons (Fsp3) is 0. The molecule has 0 unspecified atom stereocenters. The second-order valence-electron chi connectivity index (χ2n) is 13.4. The van der Waals surface area contributed by atoms with Crippen molar-refractivity contribution in [3.8, 4) is 27.9 Å². The van der Waals surface area contributed by atoms with E-state index >= 15 is 0 Å². The number of para-hydroxylation sites is 4. The summed E-state index contributed by atoms with van der Waals surface area (Å²) in [7, 11) is 0. The topological polar surface area (TPSA) is 11.4 Å². The number of rotatable bonds is 7. The van der Waals surface area contributed by atoms with Crippen LogP contribution in [-0.4, -0.2) is 4.57 Å². The molecule has 1 aromatic heterocycles. The van der Waals surface area contributed by atoms with Gasteiger partial charge in [0.1, 0.15) is 5.82 Å². The highest BCUT2D eigenvalue weighted by Crippen LogP contribution is 2.56. The van der Waals surface area contributed by atoms with Crippen molar-refractivity contribution in [1.82, 2.24) is 4.57 Å². The fourth-order valence-electron chi connectivity index (χ4n) is 7.67. The van der Waals surface area contributed by atoms with Crippen LogP contribution in [-0.2, 0) is 0 Å². The highest BCUT2D eigenvalue weighted by atomic mass is 32.2. The van der Waals surface area contributed by atoms with E-state index in [0.29, 0.717) is 0 Å². The molecule has 10 rings (SSSR count). The Kier molecular flexibility index (Phi) is 8.08. The molecule has 0 atom stereocenters. The molecule has 2 heterocycles. The minimum atomic E-state index is 1.09. The van der Waals surface area contributed by atoms with E-state index in [1.54, 1.807) is 0 Å². The van der Waals surface area contributed by atoms with Crippen molar-refractivity contribution in [2.24, 2.45) is 0 Å². The maximum Gasteiger partial charge on any atom is 0.137 e. The van der Waals surface area contributed by atoms with Crippen molar-refractivity contribution >= 4 is 56.9 Å². The zero-order valence-corrected chi connectivity index (χ0v) is 30.3. The lowest BCUT2D eigenvalue weighted by Crippen LogP contribution is -2.17. The summed E-state index contributed by atoms with van der Waals surface area (Å²) < 4.78 is 2.43. The van der Waals surface area contributed by atoms with Gasteiger partial charge in [-0.25, -0.2) is 0 Å². The van der Waals surface area contributed by atoms with E-state index in [0.717, 1.165) is 39.8 Å². The second-order valence-corrected chi connectivity index (χ2v) is 14.5. The van der Waals surface area contributed by atoms with Crippen LogP contribution in [0.5, 0.6) is 0 Å². The largest absolute Gasteiger partial charge is 0.310 e. The van der Waals surface area contributed by atoms with Crippen molar-refractivity contribution in [2.75, 3.05) is 9.80 Å². The SMILES string of the molecule is c1ccc(-c2cc(-c3ccccc3)cc(N(c3ccccc3)c3ccc4c(c3)c3c(n4-c4ccccc4)N(c4ccccc4)c4ccccc4S3)c2)cc1. The molecule has 8 aromatic carbocycles. The lowest BCUT2D eigenvalue weighted by atomic mass is 9.97. The molecule has 1 aliphatic heterocycles. The van der Waals surface area contributed by atoms with Crippen LogP contribution < -0.4 is 9.80 Å². The van der Waals surface area contributed by atoms with Crippen LogP contribution in [0.15, 0.2) is 222 Å². The molecular weight excluding hydrogens is 675 g/mol. The summed E-state index contributed by atoms with van der Waals surface area (Å²) in [5, 5.41) is 1.20. The monoisotopic (exact) mass is 709 g/mol. The van der Waals surface area contributed by atoms with Gasteiger partial charge in [-0.2, -0.15) is 0 Å². The first-order valence-electron chi connectivity index (χ1n) is 18.3. The first kappa shape index (κ1) is 31.9. The van der Waals surface area contributed by atoms with Gasteiger partial charge in [-0.05, 0) is 107 Å². The molecule has 0 amide bonds. The Morgan fingerprint density at radius 2 is 0.926 bits per heavy atom. The van der Waals surface area contributed by atoms with E-state index in [2.05, 4.69) is 227 Å². The molecule has 54 heavy (non-hydrogen) atoms. The Labute approximate surface area is 320 Å². The summed E-state index contributed by atoms with van der Waals surface area (Å²) in [5.41, 5.74) is 12.6. The van der Waals surface area contributed by atoms with Gasteiger partial charge in [0, 0.05) is 38.7 Å². The number of hydrogen-bond acceptors (Lipinski definition) is 3. The molecule has 0 bridgehead atoms. The summed E-state index contributed by atoms with van der Waals surface area (Å²) in [6, 6.07) is 76.3. The van der Waals surface area contributed by atoms with Crippen LogP contribution in [0.1, 0.15) is 0 Å². The van der Waals surface area contributed by atoms with Crippen molar-refractivity contribution in [2.45, 2.75) is 9.79 Å². The van der Waals surface area contributed by atoms with Crippen LogP contribution in [0.3, 0.4) is 0 Å². The number of hydrogen-bond donors (Lipinski definition) is 0. The van der Waals surface area contributed by atoms with Gasteiger partial charge < -0.3 is 4.90 Å². The molecular formula is C50H35N3S. The van der Waals surface area contributed by atoms with Crippen molar-refractivity contribution in [3.05, 3.63) is 212 Å². The molecule has 0 aliphatic carbocycles. The molecule has 1 aliphatic rings. The van der Waals surface area contributed by atoms with Gasteiger partial charge in [-0.3, -0.25) is 9.47 Å². The lowest BCUT2D eigenvalue weighted by Gasteiger charge is -2.32. The van der Waals surface area contributed by atoms with Gasteiger partial charge >= 0.3 is 0 Å². The maximum atomic E-state index is 2.43. The van der Waals surface area contributed by atoms with Gasteiger partial charge in [-0.1, -0.05) is 139 Å². The van der Waals surface area contributed by atoms with Crippen LogP contribution in [0.2, 0.25) is 0 Å². The smallest absolute Gasteiger partial charge is 0.137 e. The van der Waals surface area contributed by atoms with Crippen LogP contribution in [0.4, 0.5) is 34.3 Å². The van der Waals surface area contributed by atoms with Crippen LogP contribution >= 0.6 is 11.8 Å².